The van der Waals surface area contributed by atoms with E-state index in [1.165, 1.54) is 4.68 Å². The summed E-state index contributed by atoms with van der Waals surface area (Å²) in [6.45, 7) is 0. The fraction of sp³-hybridized carbons (Fsp3) is 0.167. The van der Waals surface area contributed by atoms with Gasteiger partial charge in [0.1, 0.15) is 11.4 Å². The summed E-state index contributed by atoms with van der Waals surface area (Å²) >= 11 is 0. The smallest absolute Gasteiger partial charge is 0.289 e. The van der Waals surface area contributed by atoms with Crippen LogP contribution in [0.2, 0.25) is 0 Å². The summed E-state index contributed by atoms with van der Waals surface area (Å²) < 4.78 is 6.36. The first kappa shape index (κ1) is 11.2. The molecule has 0 bridgehead atoms. The molecule has 2 rings (SSSR count). The maximum absolute atomic E-state index is 11.4. The molecule has 1 heterocycles. The van der Waals surface area contributed by atoms with Gasteiger partial charge >= 0.3 is 0 Å². The van der Waals surface area contributed by atoms with E-state index in [-0.39, 0.29) is 11.2 Å². The van der Waals surface area contributed by atoms with E-state index in [0.29, 0.717) is 5.69 Å². The van der Waals surface area contributed by atoms with Crippen LogP contribution in [0.5, 0.6) is 5.75 Å². The van der Waals surface area contributed by atoms with Crippen LogP contribution in [0.3, 0.4) is 0 Å². The maximum Gasteiger partial charge on any atom is 0.289 e. The van der Waals surface area contributed by atoms with Gasteiger partial charge in [0, 0.05) is 12.6 Å². The van der Waals surface area contributed by atoms with Gasteiger partial charge in [-0.2, -0.15) is 5.10 Å². The van der Waals surface area contributed by atoms with Gasteiger partial charge in [-0.3, -0.25) is 4.79 Å². The lowest BCUT2D eigenvalue weighted by atomic mass is 10.1. The third-order valence-electron chi connectivity index (χ3n) is 2.46. The second-order valence-corrected chi connectivity index (χ2v) is 3.65. The number of nitrogens with zero attached hydrogens (tertiary/aromatic N) is 2. The number of aromatic nitrogens is 2. The van der Waals surface area contributed by atoms with Crippen molar-refractivity contribution in [2.75, 3.05) is 12.8 Å². The van der Waals surface area contributed by atoms with Crippen LogP contribution in [-0.4, -0.2) is 16.9 Å². The van der Waals surface area contributed by atoms with Crippen molar-refractivity contribution in [2.24, 2.45) is 7.05 Å². The molecule has 2 N–H and O–H groups in total. The average Bonchev–Trinajstić information content (AvgIpc) is 2.35. The number of nitrogens with two attached hydrogens (primary N) is 1. The van der Waals surface area contributed by atoms with Gasteiger partial charge in [0.05, 0.1) is 12.8 Å². The summed E-state index contributed by atoms with van der Waals surface area (Å²) in [5.74, 6) is 0.733. The lowest BCUT2D eigenvalue weighted by Gasteiger charge is -2.06. The molecule has 0 saturated heterocycles. The van der Waals surface area contributed by atoms with Crippen molar-refractivity contribution in [3.8, 4) is 17.0 Å². The Labute approximate surface area is 98.5 Å². The second-order valence-electron chi connectivity index (χ2n) is 3.65. The Kier molecular flexibility index (Phi) is 2.82. The molecule has 1 aromatic heterocycles. The van der Waals surface area contributed by atoms with Crippen LogP contribution in [0.15, 0.2) is 35.1 Å². The number of anilines is 1. The molecule has 0 saturated carbocycles. The SMILES string of the molecule is COc1cccc(-c2cc(N)c(=O)n(C)n2)c1. The van der Waals surface area contributed by atoms with Crippen LogP contribution in [0, 0.1) is 0 Å². The zero-order chi connectivity index (χ0) is 12.4. The first-order chi connectivity index (χ1) is 8.11. The predicted molar refractivity (Wildman–Crippen MR) is 65.9 cm³/mol. The molecule has 0 aliphatic rings. The molecule has 88 valence electrons. The molecule has 2 aromatic rings. The van der Waals surface area contributed by atoms with E-state index in [0.717, 1.165) is 11.3 Å². The third kappa shape index (κ3) is 2.13. The van der Waals surface area contributed by atoms with Crippen LogP contribution >= 0.6 is 0 Å². The van der Waals surface area contributed by atoms with Gasteiger partial charge in [-0.15, -0.1) is 0 Å². The van der Waals surface area contributed by atoms with E-state index in [1.54, 1.807) is 20.2 Å². The van der Waals surface area contributed by atoms with E-state index in [9.17, 15) is 4.79 Å². The minimum atomic E-state index is -0.295. The van der Waals surface area contributed by atoms with Crippen LogP contribution in [0.25, 0.3) is 11.3 Å². The summed E-state index contributed by atoms with van der Waals surface area (Å²) in [7, 11) is 3.17. The summed E-state index contributed by atoms with van der Waals surface area (Å²) in [4.78, 5) is 11.4. The summed E-state index contributed by atoms with van der Waals surface area (Å²) in [6.07, 6.45) is 0. The highest BCUT2D eigenvalue weighted by Gasteiger charge is 2.06. The molecule has 0 radical (unpaired) electrons. The lowest BCUT2D eigenvalue weighted by Crippen LogP contribution is -2.22. The Bertz CT molecular complexity index is 579. The minimum Gasteiger partial charge on any atom is -0.497 e. The van der Waals surface area contributed by atoms with Crippen LogP contribution in [-0.2, 0) is 7.05 Å². The van der Waals surface area contributed by atoms with Crippen LogP contribution < -0.4 is 16.0 Å². The highest BCUT2D eigenvalue weighted by atomic mass is 16.5. The Balaban J connectivity index is 2.56. The van der Waals surface area contributed by atoms with Crippen molar-refractivity contribution in [3.05, 3.63) is 40.7 Å². The normalized spacial score (nSPS) is 10.2. The van der Waals surface area contributed by atoms with Crippen molar-refractivity contribution >= 4 is 5.69 Å². The summed E-state index contributed by atoms with van der Waals surface area (Å²) in [6, 6.07) is 8.99. The molecule has 1 aromatic carbocycles. The first-order valence-electron chi connectivity index (χ1n) is 5.10. The fourth-order valence-corrected chi connectivity index (χ4v) is 1.56. The van der Waals surface area contributed by atoms with Crippen molar-refractivity contribution in [1.82, 2.24) is 9.78 Å². The van der Waals surface area contributed by atoms with Crippen LogP contribution in [0.4, 0.5) is 5.69 Å². The van der Waals surface area contributed by atoms with Gasteiger partial charge in [-0.25, -0.2) is 4.68 Å². The van der Waals surface area contributed by atoms with Gasteiger partial charge < -0.3 is 10.5 Å². The largest absolute Gasteiger partial charge is 0.497 e. The van der Waals surface area contributed by atoms with E-state index < -0.39 is 0 Å². The number of aryl methyl sites for hydroxylation is 1. The number of hydrogen-bond donors (Lipinski definition) is 1. The number of benzene rings is 1. The topological polar surface area (TPSA) is 70.1 Å². The molecule has 17 heavy (non-hydrogen) atoms. The van der Waals surface area contributed by atoms with Gasteiger partial charge in [0.2, 0.25) is 0 Å². The van der Waals surface area contributed by atoms with Crippen molar-refractivity contribution in [2.45, 2.75) is 0 Å². The molecule has 0 aliphatic carbocycles. The van der Waals surface area contributed by atoms with Crippen LogP contribution in [0.1, 0.15) is 0 Å². The fourth-order valence-electron chi connectivity index (χ4n) is 1.56. The Morgan fingerprint density at radius 3 is 2.76 bits per heavy atom. The molecular formula is C12H13N3O2. The standard InChI is InChI=1S/C12H13N3O2/c1-15-12(16)10(13)7-11(14-15)8-4-3-5-9(6-8)17-2/h3-7H,13H2,1-2H3. The zero-order valence-corrected chi connectivity index (χ0v) is 9.68. The molecular weight excluding hydrogens is 218 g/mol. The minimum absolute atomic E-state index is 0.181. The quantitative estimate of drug-likeness (QED) is 0.838. The number of ether oxygens (including phenoxy) is 1. The molecule has 5 heteroatoms. The van der Waals surface area contributed by atoms with E-state index >= 15 is 0 Å². The summed E-state index contributed by atoms with van der Waals surface area (Å²) in [5, 5.41) is 4.15. The Hall–Kier alpha value is -2.30. The van der Waals surface area contributed by atoms with E-state index in [2.05, 4.69) is 5.10 Å². The van der Waals surface area contributed by atoms with Gasteiger partial charge in [-0.05, 0) is 18.2 Å². The highest BCUT2D eigenvalue weighted by Crippen LogP contribution is 2.21. The van der Waals surface area contributed by atoms with Gasteiger partial charge in [0.25, 0.3) is 5.56 Å². The number of nitrogen functional groups attached to an aromatic ring is 1. The Morgan fingerprint density at radius 2 is 2.12 bits per heavy atom. The van der Waals surface area contributed by atoms with Gasteiger partial charge in [0.15, 0.2) is 0 Å². The third-order valence-corrected chi connectivity index (χ3v) is 2.46. The maximum atomic E-state index is 11.4. The molecule has 0 fully saturated rings. The molecule has 0 spiro atoms. The summed E-state index contributed by atoms with van der Waals surface area (Å²) in [5.41, 5.74) is 7.01. The van der Waals surface area contributed by atoms with Gasteiger partial charge in [-0.1, -0.05) is 12.1 Å². The monoisotopic (exact) mass is 231 g/mol. The zero-order valence-electron chi connectivity index (χ0n) is 9.68. The van der Waals surface area contributed by atoms with E-state index in [4.69, 9.17) is 10.5 Å². The highest BCUT2D eigenvalue weighted by molar-refractivity contribution is 5.63. The molecule has 0 unspecified atom stereocenters. The predicted octanol–water partition coefficient (Wildman–Crippen LogP) is 1.04. The molecule has 0 amide bonds. The lowest BCUT2D eigenvalue weighted by molar-refractivity contribution is 0.415. The molecule has 5 nitrogen and oxygen atoms in total. The van der Waals surface area contributed by atoms with Crippen molar-refractivity contribution in [3.63, 3.8) is 0 Å². The van der Waals surface area contributed by atoms with Crippen molar-refractivity contribution < 1.29 is 4.74 Å². The molecule has 0 atom stereocenters. The average molecular weight is 231 g/mol. The molecule has 0 aliphatic heterocycles. The second kappa shape index (κ2) is 4.29. The first-order valence-corrected chi connectivity index (χ1v) is 5.10. The van der Waals surface area contributed by atoms with Crippen molar-refractivity contribution in [1.29, 1.82) is 0 Å². The Morgan fingerprint density at radius 1 is 1.35 bits per heavy atom. The number of methoxy groups -OCH3 is 1. The number of hydrogen-bond acceptors (Lipinski definition) is 4. The van der Waals surface area contributed by atoms with E-state index in [1.807, 2.05) is 24.3 Å². The number of rotatable bonds is 2.